The Bertz CT molecular complexity index is 1320. The summed E-state index contributed by atoms with van der Waals surface area (Å²) in [5.41, 5.74) is 6.50. The molecule has 0 saturated carbocycles. The number of rotatable bonds is 5. The van der Waals surface area contributed by atoms with Crippen molar-refractivity contribution in [3.63, 3.8) is 0 Å². The first kappa shape index (κ1) is 21.3. The lowest BCUT2D eigenvalue weighted by molar-refractivity contribution is -0.115. The van der Waals surface area contributed by atoms with Gasteiger partial charge in [0.05, 0.1) is 23.5 Å². The van der Waals surface area contributed by atoms with Gasteiger partial charge in [0.1, 0.15) is 5.75 Å². The van der Waals surface area contributed by atoms with Crippen LogP contribution in [-0.2, 0) is 30.5 Å². The molecule has 0 unspecified atom stereocenters. The number of hydrogen-bond donors (Lipinski definition) is 2. The van der Waals surface area contributed by atoms with Gasteiger partial charge in [-0.05, 0) is 59.9 Å². The van der Waals surface area contributed by atoms with Crippen LogP contribution in [0.5, 0.6) is 5.75 Å². The molecule has 1 aromatic heterocycles. The van der Waals surface area contributed by atoms with Gasteiger partial charge in [0.15, 0.2) is 5.82 Å². The molecule has 164 valence electrons. The quantitative estimate of drug-likeness (QED) is 0.381. The maximum Gasteiger partial charge on any atom is 0.229 e. The Morgan fingerprint density at radius 2 is 1.73 bits per heavy atom. The Morgan fingerprint density at radius 3 is 2.52 bits per heavy atom. The number of aromatic hydroxyl groups is 1. The summed E-state index contributed by atoms with van der Waals surface area (Å²) in [5.74, 6) is 0.649. The van der Waals surface area contributed by atoms with Crippen molar-refractivity contribution in [2.75, 3.05) is 5.32 Å². The van der Waals surface area contributed by atoms with E-state index in [1.807, 2.05) is 60.7 Å². The van der Waals surface area contributed by atoms with E-state index in [1.165, 1.54) is 0 Å². The van der Waals surface area contributed by atoms with E-state index in [4.69, 9.17) is 9.97 Å². The molecule has 5 nitrogen and oxygen atoms in total. The molecule has 0 spiro atoms. The van der Waals surface area contributed by atoms with Gasteiger partial charge in [-0.25, -0.2) is 9.97 Å². The molecular formula is C27H22BrN3O2. The van der Waals surface area contributed by atoms with Gasteiger partial charge < -0.3 is 10.4 Å². The molecule has 0 saturated heterocycles. The smallest absolute Gasteiger partial charge is 0.229 e. The van der Waals surface area contributed by atoms with E-state index < -0.39 is 0 Å². The average molecular weight is 500 g/mol. The SMILES string of the molecule is O=C(Cc1ccc(Br)cc1)Nc1nc2c(nc1Cc1ccccc1)-c1ccc(O)cc1CC2. The zero-order valence-corrected chi connectivity index (χ0v) is 19.5. The van der Waals surface area contributed by atoms with Crippen molar-refractivity contribution in [1.82, 2.24) is 9.97 Å². The highest BCUT2D eigenvalue weighted by molar-refractivity contribution is 9.10. The van der Waals surface area contributed by atoms with Crippen molar-refractivity contribution in [2.24, 2.45) is 0 Å². The number of halogens is 1. The Labute approximate surface area is 200 Å². The van der Waals surface area contributed by atoms with Crippen LogP contribution in [0.25, 0.3) is 11.3 Å². The first-order valence-corrected chi connectivity index (χ1v) is 11.6. The summed E-state index contributed by atoms with van der Waals surface area (Å²) in [6.07, 6.45) is 2.30. The van der Waals surface area contributed by atoms with Crippen molar-refractivity contribution < 1.29 is 9.90 Å². The van der Waals surface area contributed by atoms with Gasteiger partial charge in [0.25, 0.3) is 0 Å². The highest BCUT2D eigenvalue weighted by Crippen LogP contribution is 2.35. The van der Waals surface area contributed by atoms with Crippen LogP contribution in [-0.4, -0.2) is 21.0 Å². The molecule has 0 atom stereocenters. The molecule has 6 heteroatoms. The molecule has 1 heterocycles. The van der Waals surface area contributed by atoms with E-state index in [0.29, 0.717) is 18.7 Å². The maximum atomic E-state index is 12.9. The number of phenols is 1. The molecule has 0 fully saturated rings. The van der Waals surface area contributed by atoms with Crippen LogP contribution in [0.1, 0.15) is 28.1 Å². The third-order valence-electron chi connectivity index (χ3n) is 5.77. The van der Waals surface area contributed by atoms with Gasteiger partial charge in [-0.15, -0.1) is 0 Å². The Balaban J connectivity index is 1.50. The number of benzene rings is 3. The zero-order chi connectivity index (χ0) is 22.8. The van der Waals surface area contributed by atoms with Crippen LogP contribution in [0.3, 0.4) is 0 Å². The van der Waals surface area contributed by atoms with Crippen molar-refractivity contribution in [2.45, 2.75) is 25.7 Å². The van der Waals surface area contributed by atoms with Gasteiger partial charge in [-0.2, -0.15) is 0 Å². The molecule has 1 amide bonds. The molecule has 1 aliphatic rings. The molecule has 5 rings (SSSR count). The zero-order valence-electron chi connectivity index (χ0n) is 17.9. The number of nitrogens with zero attached hydrogens (tertiary/aromatic N) is 2. The number of fused-ring (bicyclic) bond motifs is 3. The van der Waals surface area contributed by atoms with Crippen molar-refractivity contribution in [3.05, 3.63) is 105 Å². The Kier molecular flexibility index (Phi) is 5.92. The predicted octanol–water partition coefficient (Wildman–Crippen LogP) is 5.48. The van der Waals surface area contributed by atoms with E-state index in [2.05, 4.69) is 21.2 Å². The number of carbonyl (C=O) groups excluding carboxylic acids is 1. The number of hydrogen-bond acceptors (Lipinski definition) is 4. The van der Waals surface area contributed by atoms with Crippen LogP contribution < -0.4 is 5.32 Å². The predicted molar refractivity (Wildman–Crippen MR) is 132 cm³/mol. The average Bonchev–Trinajstić information content (AvgIpc) is 2.81. The second-order valence-electron chi connectivity index (χ2n) is 8.17. The van der Waals surface area contributed by atoms with Crippen molar-refractivity contribution >= 4 is 27.7 Å². The molecule has 0 radical (unpaired) electrons. The summed E-state index contributed by atoms with van der Waals surface area (Å²) >= 11 is 3.42. The van der Waals surface area contributed by atoms with Gasteiger partial charge in [-0.1, -0.05) is 58.4 Å². The third-order valence-corrected chi connectivity index (χ3v) is 6.29. The minimum Gasteiger partial charge on any atom is -0.508 e. The fourth-order valence-electron chi connectivity index (χ4n) is 4.14. The summed E-state index contributed by atoms with van der Waals surface area (Å²) < 4.78 is 0.978. The van der Waals surface area contributed by atoms with Gasteiger partial charge in [0.2, 0.25) is 5.91 Å². The lowest BCUT2D eigenvalue weighted by Gasteiger charge is -2.21. The van der Waals surface area contributed by atoms with Crippen LogP contribution >= 0.6 is 15.9 Å². The first-order valence-electron chi connectivity index (χ1n) is 10.9. The van der Waals surface area contributed by atoms with Crippen LogP contribution in [0, 0.1) is 0 Å². The third kappa shape index (κ3) is 4.81. The fourth-order valence-corrected chi connectivity index (χ4v) is 4.41. The van der Waals surface area contributed by atoms with Crippen LogP contribution in [0.15, 0.2) is 77.3 Å². The van der Waals surface area contributed by atoms with E-state index >= 15 is 0 Å². The van der Waals surface area contributed by atoms with Crippen LogP contribution in [0.2, 0.25) is 0 Å². The normalized spacial score (nSPS) is 12.0. The summed E-state index contributed by atoms with van der Waals surface area (Å²) in [6.45, 7) is 0. The van der Waals surface area contributed by atoms with Crippen molar-refractivity contribution in [3.8, 4) is 17.0 Å². The Hall–Kier alpha value is -3.51. The summed E-state index contributed by atoms with van der Waals surface area (Å²) in [4.78, 5) is 22.7. The maximum absolute atomic E-state index is 12.9. The number of carbonyl (C=O) groups is 1. The lowest BCUT2D eigenvalue weighted by Crippen LogP contribution is -2.20. The molecule has 33 heavy (non-hydrogen) atoms. The molecule has 0 bridgehead atoms. The van der Waals surface area contributed by atoms with E-state index in [-0.39, 0.29) is 18.1 Å². The van der Waals surface area contributed by atoms with Gasteiger partial charge >= 0.3 is 0 Å². The van der Waals surface area contributed by atoms with Gasteiger partial charge in [-0.3, -0.25) is 4.79 Å². The highest BCUT2D eigenvalue weighted by atomic mass is 79.9. The minimum atomic E-state index is -0.123. The molecule has 2 N–H and O–H groups in total. The molecule has 0 aliphatic heterocycles. The topological polar surface area (TPSA) is 75.1 Å². The summed E-state index contributed by atoms with van der Waals surface area (Å²) in [6, 6.07) is 23.1. The number of aromatic nitrogens is 2. The number of amides is 1. The Morgan fingerprint density at radius 1 is 0.939 bits per heavy atom. The number of phenolic OH excluding ortho intramolecular Hbond substituents is 1. The summed E-state index contributed by atoms with van der Waals surface area (Å²) in [5, 5.41) is 12.9. The minimum absolute atomic E-state index is 0.123. The number of nitrogens with one attached hydrogen (secondary N) is 1. The van der Waals surface area contributed by atoms with Crippen molar-refractivity contribution in [1.29, 1.82) is 0 Å². The lowest BCUT2D eigenvalue weighted by atomic mass is 9.91. The number of aryl methyl sites for hydroxylation is 2. The molecular weight excluding hydrogens is 478 g/mol. The highest BCUT2D eigenvalue weighted by Gasteiger charge is 2.23. The monoisotopic (exact) mass is 499 g/mol. The first-order chi connectivity index (χ1) is 16.0. The molecule has 4 aromatic rings. The second-order valence-corrected chi connectivity index (χ2v) is 9.09. The standard InChI is InChI=1S/C27H22BrN3O2/c28-20-9-6-18(7-10-20)15-25(33)31-27-24(14-17-4-2-1-3-5-17)29-26-22-12-11-21(32)16-19(22)8-13-23(26)30-27/h1-7,9-12,16,32H,8,13-15H2,(H,30,31,33). The summed E-state index contributed by atoms with van der Waals surface area (Å²) in [7, 11) is 0. The van der Waals surface area contributed by atoms with Crippen LogP contribution in [0.4, 0.5) is 5.82 Å². The molecule has 1 aliphatic carbocycles. The van der Waals surface area contributed by atoms with Gasteiger partial charge in [0, 0.05) is 16.5 Å². The van der Waals surface area contributed by atoms with E-state index in [0.717, 1.165) is 50.2 Å². The second kappa shape index (κ2) is 9.16. The fraction of sp³-hybridized carbons (Fsp3) is 0.148. The molecule has 3 aromatic carbocycles. The van der Waals surface area contributed by atoms with E-state index in [9.17, 15) is 9.90 Å². The van der Waals surface area contributed by atoms with E-state index in [1.54, 1.807) is 12.1 Å². The number of anilines is 1. The largest absolute Gasteiger partial charge is 0.508 e.